The molecule has 1 atom stereocenters. The van der Waals surface area contributed by atoms with Gasteiger partial charge in [-0.25, -0.2) is 5.57 Å². The van der Waals surface area contributed by atoms with E-state index in [2.05, 4.69) is 125 Å². The van der Waals surface area contributed by atoms with E-state index < -0.39 is 0 Å². The van der Waals surface area contributed by atoms with Gasteiger partial charge in [-0.15, -0.1) is 5.56 Å². The third-order valence-corrected chi connectivity index (χ3v) is 8.69. The molecule has 0 aliphatic heterocycles. The van der Waals surface area contributed by atoms with Crippen LogP contribution in [0.15, 0.2) is 71.8 Å². The summed E-state index contributed by atoms with van der Waals surface area (Å²) in [6.07, 6.45) is 7.98. The van der Waals surface area contributed by atoms with Gasteiger partial charge in [0.15, 0.2) is 0 Å². The van der Waals surface area contributed by atoms with Gasteiger partial charge in [-0.3, -0.25) is 6.08 Å². The number of hydrogen-bond acceptors (Lipinski definition) is 0. The van der Waals surface area contributed by atoms with Gasteiger partial charge in [0.2, 0.25) is 0 Å². The maximum absolute atomic E-state index is 12.2. The third kappa shape index (κ3) is 8.92. The molecular weight excluding hydrogens is 591 g/mol. The van der Waals surface area contributed by atoms with Gasteiger partial charge >= 0.3 is 68.0 Å². The van der Waals surface area contributed by atoms with Crippen LogP contribution in [0.1, 0.15) is 110 Å². The van der Waals surface area contributed by atoms with E-state index in [0.29, 0.717) is 11.3 Å². The molecule has 0 saturated heterocycles. The zero-order chi connectivity index (χ0) is 31.5. The van der Waals surface area contributed by atoms with E-state index in [4.69, 9.17) is 0 Å². The minimum absolute atomic E-state index is 0.170. The van der Waals surface area contributed by atoms with Crippen LogP contribution in [0.25, 0.3) is 11.1 Å². The van der Waals surface area contributed by atoms with Crippen molar-refractivity contribution < 1.29 is 28.6 Å². The molecule has 3 aromatic carbocycles. The Bertz CT molecular complexity index is 1390. The van der Waals surface area contributed by atoms with Gasteiger partial charge in [0.25, 0.3) is 0 Å². The first-order chi connectivity index (χ1) is 19.4. The van der Waals surface area contributed by atoms with Gasteiger partial charge in [-0.2, -0.15) is 41.0 Å². The predicted molar refractivity (Wildman–Crippen MR) is 176 cm³/mol. The Morgan fingerprint density at radius 2 is 1.43 bits per heavy atom. The molecular formula is C40H49FZr. The van der Waals surface area contributed by atoms with Crippen molar-refractivity contribution in [3.05, 3.63) is 118 Å². The number of allylic oxidation sites excluding steroid dienone is 4. The van der Waals surface area contributed by atoms with Gasteiger partial charge in [0.1, 0.15) is 0 Å². The van der Waals surface area contributed by atoms with Gasteiger partial charge in [-0.1, -0.05) is 129 Å². The van der Waals surface area contributed by atoms with E-state index in [9.17, 15) is 4.39 Å². The molecule has 0 aromatic heterocycles. The van der Waals surface area contributed by atoms with E-state index in [1.54, 1.807) is 12.1 Å². The third-order valence-electron chi connectivity index (χ3n) is 7.87. The first-order valence-corrected chi connectivity index (χ1v) is 16.7. The van der Waals surface area contributed by atoms with Crippen LogP contribution >= 0.6 is 0 Å². The molecule has 220 valence electrons. The molecule has 42 heavy (non-hydrogen) atoms. The fraction of sp³-hybridized carbons (Fsp3) is 0.425. The molecule has 3 aromatic rings. The first kappa shape index (κ1) is 34.3. The molecule has 2 heteroatoms. The van der Waals surface area contributed by atoms with E-state index in [1.807, 2.05) is 3.71 Å². The molecule has 0 radical (unpaired) electrons. The van der Waals surface area contributed by atoms with Crippen molar-refractivity contribution in [2.24, 2.45) is 11.3 Å². The molecule has 0 N–H and O–H groups in total. The Kier molecular flexibility index (Phi) is 11.1. The molecule has 0 nitrogen and oxygen atoms in total. The monoisotopic (exact) mass is 638 g/mol. The second-order valence-corrected chi connectivity index (χ2v) is 15.3. The fourth-order valence-electron chi connectivity index (χ4n) is 5.28. The van der Waals surface area contributed by atoms with Crippen LogP contribution in [0.4, 0.5) is 4.39 Å². The van der Waals surface area contributed by atoms with Gasteiger partial charge in [-0.05, 0) is 17.4 Å². The summed E-state index contributed by atoms with van der Waals surface area (Å²) in [5, 5.41) is 0. The SMILES string of the molecule is CC(C)(C)c1c[c-]c2c(c1)-c1cc(C(C)(C)C)ccc1C2.CCC1=[C-]C(C)C=C1C(C)(C)C.Fc1ccc([CH]=[Zr+2])cc1. The standard InChI is InChI=1S/C21H25.C12H19.C7H5F.Zr/c1-20(2,3)16-9-7-14-11-15-8-10-17(21(4,5)6)13-19(15)18(14)12-16;1-6-10-7-9(2)8-11(10)12(3,4)5;1-6-2-4-7(8)5-3-6;/h7,9-10,12-13H,11H2,1-6H3;8-9H,6H2,1-5H3;1-5H;/q2*-1;;+2. The Labute approximate surface area is 270 Å². The van der Waals surface area contributed by atoms with Crippen LogP contribution < -0.4 is 0 Å². The summed E-state index contributed by atoms with van der Waals surface area (Å²) in [7, 11) is 0. The van der Waals surface area contributed by atoms with Crippen LogP contribution in [-0.2, 0) is 41.5 Å². The Hall–Kier alpha value is -2.18. The summed E-state index contributed by atoms with van der Waals surface area (Å²) in [5.74, 6) is 0.352. The molecule has 0 heterocycles. The fourth-order valence-corrected chi connectivity index (χ4v) is 5.76. The molecule has 2 aliphatic carbocycles. The number of benzene rings is 3. The summed E-state index contributed by atoms with van der Waals surface area (Å²) in [4.78, 5) is 0. The second-order valence-electron chi connectivity index (χ2n) is 14.6. The van der Waals surface area contributed by atoms with Crippen LogP contribution in [-0.4, -0.2) is 3.71 Å². The Morgan fingerprint density at radius 1 is 0.833 bits per heavy atom. The van der Waals surface area contributed by atoms with Crippen molar-refractivity contribution in [1.82, 2.24) is 0 Å². The number of hydrogen-bond donors (Lipinski definition) is 0. The van der Waals surface area contributed by atoms with E-state index in [-0.39, 0.29) is 16.6 Å². The van der Waals surface area contributed by atoms with Crippen LogP contribution in [0, 0.1) is 29.3 Å². The summed E-state index contributed by atoms with van der Waals surface area (Å²) >= 11 is 1.34. The number of halogens is 1. The van der Waals surface area contributed by atoms with Crippen molar-refractivity contribution in [2.45, 2.75) is 99.8 Å². The van der Waals surface area contributed by atoms with E-state index in [1.165, 1.54) is 80.9 Å². The topological polar surface area (TPSA) is 0 Å². The Morgan fingerprint density at radius 3 is 1.93 bits per heavy atom. The van der Waals surface area contributed by atoms with E-state index >= 15 is 0 Å². The minimum atomic E-state index is -0.170. The number of rotatable bonds is 2. The maximum atomic E-state index is 12.2. The van der Waals surface area contributed by atoms with E-state index in [0.717, 1.165) is 18.4 Å². The van der Waals surface area contributed by atoms with Crippen molar-refractivity contribution >= 4 is 3.71 Å². The zero-order valence-electron chi connectivity index (χ0n) is 27.7. The molecule has 0 fully saturated rings. The first-order valence-electron chi connectivity index (χ1n) is 15.2. The van der Waals surface area contributed by atoms with Gasteiger partial charge < -0.3 is 0 Å². The Balaban J connectivity index is 0.000000194. The summed E-state index contributed by atoms with van der Waals surface area (Å²) in [6.45, 7) is 24.9. The van der Waals surface area contributed by atoms with Crippen molar-refractivity contribution in [2.75, 3.05) is 0 Å². The summed E-state index contributed by atoms with van der Waals surface area (Å²) in [5.41, 5.74) is 13.1. The van der Waals surface area contributed by atoms with Crippen molar-refractivity contribution in [1.29, 1.82) is 0 Å². The molecule has 5 rings (SSSR count). The van der Waals surface area contributed by atoms with Crippen LogP contribution in [0.3, 0.4) is 0 Å². The average Bonchev–Trinajstić information content (AvgIpc) is 3.48. The molecule has 0 amide bonds. The molecule has 0 bridgehead atoms. The van der Waals surface area contributed by atoms with Gasteiger partial charge in [0.05, 0.1) is 0 Å². The molecule has 0 saturated carbocycles. The number of fused-ring (bicyclic) bond motifs is 3. The summed E-state index contributed by atoms with van der Waals surface area (Å²) < 4.78 is 14.2. The molecule has 0 spiro atoms. The molecule has 2 aliphatic rings. The molecule has 1 unspecified atom stereocenters. The predicted octanol–water partition coefficient (Wildman–Crippen LogP) is 10.9. The van der Waals surface area contributed by atoms with Gasteiger partial charge in [0, 0.05) is 0 Å². The van der Waals surface area contributed by atoms with Crippen molar-refractivity contribution in [3.8, 4) is 11.1 Å². The average molecular weight is 640 g/mol. The second kappa shape index (κ2) is 13.6. The zero-order valence-corrected chi connectivity index (χ0v) is 30.2. The normalized spacial score (nSPS) is 15.8. The van der Waals surface area contributed by atoms with Crippen LogP contribution in [0.2, 0.25) is 0 Å². The summed E-state index contributed by atoms with van der Waals surface area (Å²) in [6, 6.07) is 21.5. The van der Waals surface area contributed by atoms with Crippen molar-refractivity contribution in [3.63, 3.8) is 0 Å². The van der Waals surface area contributed by atoms with Crippen LogP contribution in [0.5, 0.6) is 0 Å². The quantitative estimate of drug-likeness (QED) is 0.191.